The van der Waals surface area contributed by atoms with Crippen LogP contribution in [0.2, 0.25) is 5.02 Å². The molecule has 0 spiro atoms. The Hall–Kier alpha value is -0.660. The number of nitrogens with zero attached hydrogens (tertiary/aromatic N) is 2. The van der Waals surface area contributed by atoms with Gasteiger partial charge in [-0.25, -0.2) is 8.42 Å². The predicted octanol–water partition coefficient (Wildman–Crippen LogP) is 1.27. The highest BCUT2D eigenvalue weighted by Gasteiger charge is 2.46. The lowest BCUT2D eigenvalue weighted by atomic mass is 10.0. The second kappa shape index (κ2) is 7.07. The molecule has 0 aliphatic carbocycles. The largest absolute Gasteiger partial charge is 0.383 e. The van der Waals surface area contributed by atoms with Gasteiger partial charge in [0, 0.05) is 50.4 Å². The standard InChI is InChI=1S/C16H23ClN2O3S/c1-22-9-8-18-6-7-19(10-13-2-4-14(17)5-3-13)16-12-23(20,21)11-15(16)18/h2-5,15-16H,6-12H2,1H3/t15-,16+/m0/s1. The Kier molecular flexibility index (Phi) is 5.28. The smallest absolute Gasteiger partial charge is 0.153 e. The summed E-state index contributed by atoms with van der Waals surface area (Å²) >= 11 is 5.94. The van der Waals surface area contributed by atoms with Crippen LogP contribution < -0.4 is 0 Å². The first kappa shape index (κ1) is 17.2. The van der Waals surface area contributed by atoms with Crippen molar-refractivity contribution in [1.29, 1.82) is 0 Å². The molecule has 0 unspecified atom stereocenters. The lowest BCUT2D eigenvalue weighted by Gasteiger charge is -2.44. The number of benzene rings is 1. The Morgan fingerprint density at radius 3 is 2.39 bits per heavy atom. The van der Waals surface area contributed by atoms with Gasteiger partial charge in [0.05, 0.1) is 18.1 Å². The average Bonchev–Trinajstić information content (AvgIpc) is 2.84. The van der Waals surface area contributed by atoms with Gasteiger partial charge in [-0.3, -0.25) is 9.80 Å². The van der Waals surface area contributed by atoms with Crippen molar-refractivity contribution in [3.63, 3.8) is 0 Å². The van der Waals surface area contributed by atoms with E-state index in [4.69, 9.17) is 16.3 Å². The van der Waals surface area contributed by atoms with E-state index in [1.165, 1.54) is 5.56 Å². The fourth-order valence-electron chi connectivity index (χ4n) is 3.60. The fraction of sp³-hybridized carbons (Fsp3) is 0.625. The van der Waals surface area contributed by atoms with Crippen molar-refractivity contribution in [2.24, 2.45) is 0 Å². The zero-order valence-corrected chi connectivity index (χ0v) is 14.9. The van der Waals surface area contributed by atoms with Crippen molar-refractivity contribution >= 4 is 21.4 Å². The number of rotatable bonds is 5. The van der Waals surface area contributed by atoms with E-state index >= 15 is 0 Å². The summed E-state index contributed by atoms with van der Waals surface area (Å²) in [6, 6.07) is 7.94. The Bertz CT molecular complexity index is 635. The summed E-state index contributed by atoms with van der Waals surface area (Å²) in [6.07, 6.45) is 0. The molecule has 2 heterocycles. The predicted molar refractivity (Wildman–Crippen MR) is 91.5 cm³/mol. The number of fused-ring (bicyclic) bond motifs is 1. The molecular weight excluding hydrogens is 336 g/mol. The summed E-state index contributed by atoms with van der Waals surface area (Å²) < 4.78 is 29.5. The highest BCUT2D eigenvalue weighted by Crippen LogP contribution is 2.28. The maximum absolute atomic E-state index is 12.2. The Morgan fingerprint density at radius 2 is 1.74 bits per heavy atom. The molecule has 0 aromatic heterocycles. The van der Waals surface area contributed by atoms with E-state index < -0.39 is 9.84 Å². The third kappa shape index (κ3) is 4.06. The zero-order valence-electron chi connectivity index (χ0n) is 13.3. The molecule has 23 heavy (non-hydrogen) atoms. The molecule has 1 aromatic rings. The number of halogens is 1. The molecule has 0 N–H and O–H groups in total. The lowest BCUT2D eigenvalue weighted by molar-refractivity contribution is 0.0253. The van der Waals surface area contributed by atoms with E-state index in [9.17, 15) is 8.42 Å². The van der Waals surface area contributed by atoms with Gasteiger partial charge in [-0.05, 0) is 17.7 Å². The van der Waals surface area contributed by atoms with E-state index in [-0.39, 0.29) is 23.6 Å². The summed E-state index contributed by atoms with van der Waals surface area (Å²) in [5, 5.41) is 0.722. The summed E-state index contributed by atoms with van der Waals surface area (Å²) in [4.78, 5) is 4.58. The van der Waals surface area contributed by atoms with Gasteiger partial charge in [0.25, 0.3) is 0 Å². The highest BCUT2D eigenvalue weighted by molar-refractivity contribution is 7.91. The van der Waals surface area contributed by atoms with Gasteiger partial charge < -0.3 is 4.74 Å². The van der Waals surface area contributed by atoms with Crippen LogP contribution in [0.25, 0.3) is 0 Å². The van der Waals surface area contributed by atoms with Gasteiger partial charge >= 0.3 is 0 Å². The topological polar surface area (TPSA) is 49.9 Å². The van der Waals surface area contributed by atoms with Crippen molar-refractivity contribution in [3.05, 3.63) is 34.9 Å². The van der Waals surface area contributed by atoms with Gasteiger partial charge in [0.2, 0.25) is 0 Å². The number of hydrogen-bond donors (Lipinski definition) is 0. The molecule has 128 valence electrons. The third-order valence-corrected chi connectivity index (χ3v) is 6.74. The molecule has 0 saturated carbocycles. The monoisotopic (exact) mass is 358 g/mol. The van der Waals surface area contributed by atoms with Crippen LogP contribution >= 0.6 is 11.6 Å². The van der Waals surface area contributed by atoms with Crippen molar-refractivity contribution in [2.45, 2.75) is 18.6 Å². The van der Waals surface area contributed by atoms with E-state index in [0.717, 1.165) is 31.2 Å². The van der Waals surface area contributed by atoms with Crippen LogP contribution in [0, 0.1) is 0 Å². The summed E-state index contributed by atoms with van der Waals surface area (Å²) in [5.41, 5.74) is 1.17. The van der Waals surface area contributed by atoms with E-state index in [1.807, 2.05) is 24.3 Å². The minimum absolute atomic E-state index is 0.0706. The third-order valence-electron chi connectivity index (χ3n) is 4.79. The van der Waals surface area contributed by atoms with Gasteiger partial charge in [-0.1, -0.05) is 23.7 Å². The van der Waals surface area contributed by atoms with Gasteiger partial charge in [-0.2, -0.15) is 0 Å². The summed E-state index contributed by atoms with van der Waals surface area (Å²) in [5.74, 6) is 0.521. The van der Waals surface area contributed by atoms with Crippen LogP contribution in [-0.4, -0.2) is 75.2 Å². The Morgan fingerprint density at radius 1 is 1.13 bits per heavy atom. The number of piperazine rings is 1. The molecule has 2 atom stereocenters. The molecule has 2 saturated heterocycles. The highest BCUT2D eigenvalue weighted by atomic mass is 35.5. The van der Waals surface area contributed by atoms with Gasteiger partial charge in [-0.15, -0.1) is 0 Å². The van der Waals surface area contributed by atoms with Crippen LogP contribution in [0.5, 0.6) is 0 Å². The second-order valence-corrected chi connectivity index (χ2v) is 8.93. The minimum Gasteiger partial charge on any atom is -0.383 e. The summed E-state index contributed by atoms with van der Waals surface area (Å²) in [6.45, 7) is 3.96. The molecule has 5 nitrogen and oxygen atoms in total. The van der Waals surface area contributed by atoms with Crippen LogP contribution in [0.15, 0.2) is 24.3 Å². The quantitative estimate of drug-likeness (QED) is 0.793. The van der Waals surface area contributed by atoms with Crippen molar-refractivity contribution in [3.8, 4) is 0 Å². The number of ether oxygens (including phenoxy) is 1. The molecule has 3 rings (SSSR count). The lowest BCUT2D eigenvalue weighted by Crippen LogP contribution is -2.59. The summed E-state index contributed by atoms with van der Waals surface area (Å²) in [7, 11) is -1.28. The average molecular weight is 359 g/mol. The van der Waals surface area contributed by atoms with Crippen LogP contribution in [0.1, 0.15) is 5.56 Å². The molecule has 2 aliphatic rings. The van der Waals surface area contributed by atoms with E-state index in [0.29, 0.717) is 6.61 Å². The van der Waals surface area contributed by atoms with Crippen LogP contribution in [0.3, 0.4) is 0 Å². The molecule has 0 bridgehead atoms. The number of methoxy groups -OCH3 is 1. The Labute approximate surface area is 143 Å². The van der Waals surface area contributed by atoms with Crippen molar-refractivity contribution < 1.29 is 13.2 Å². The van der Waals surface area contributed by atoms with Gasteiger partial charge in [0.1, 0.15) is 0 Å². The van der Waals surface area contributed by atoms with Crippen LogP contribution in [-0.2, 0) is 21.1 Å². The van der Waals surface area contributed by atoms with Crippen molar-refractivity contribution in [2.75, 3.05) is 44.9 Å². The maximum Gasteiger partial charge on any atom is 0.153 e. The number of sulfone groups is 1. The first-order valence-corrected chi connectivity index (χ1v) is 10.1. The fourth-order valence-corrected chi connectivity index (χ4v) is 5.77. The molecule has 0 radical (unpaired) electrons. The normalized spacial score (nSPS) is 27.9. The number of hydrogen-bond acceptors (Lipinski definition) is 5. The van der Waals surface area contributed by atoms with Gasteiger partial charge in [0.15, 0.2) is 9.84 Å². The van der Waals surface area contributed by atoms with Crippen LogP contribution in [0.4, 0.5) is 0 Å². The second-order valence-electron chi connectivity index (χ2n) is 6.34. The molecule has 2 aliphatic heterocycles. The SMILES string of the molecule is COCCN1CCN(Cc2ccc(Cl)cc2)[C@@H]2CS(=O)(=O)C[C@@H]21. The van der Waals surface area contributed by atoms with Crippen molar-refractivity contribution in [1.82, 2.24) is 9.80 Å². The minimum atomic E-state index is -2.96. The molecule has 0 amide bonds. The molecular formula is C16H23ClN2O3S. The van der Waals surface area contributed by atoms with E-state index in [2.05, 4.69) is 9.80 Å². The maximum atomic E-state index is 12.2. The first-order chi connectivity index (χ1) is 11.0. The van der Waals surface area contributed by atoms with E-state index in [1.54, 1.807) is 7.11 Å². The zero-order chi connectivity index (χ0) is 16.4. The molecule has 2 fully saturated rings. The Balaban J connectivity index is 1.74. The molecule has 1 aromatic carbocycles. The molecule has 7 heteroatoms. The first-order valence-electron chi connectivity index (χ1n) is 7.90.